The minimum Gasteiger partial charge on any atom is -0.507 e. The number of carbonyl (C=O) groups excluding carboxylic acids is 2. The number of hydrogen-bond acceptors (Lipinski definition) is 6. The van der Waals surface area contributed by atoms with E-state index in [-0.39, 0.29) is 5.75 Å². The van der Waals surface area contributed by atoms with Gasteiger partial charge < -0.3 is 15.1 Å². The summed E-state index contributed by atoms with van der Waals surface area (Å²) in [6.45, 7) is 5.23. The van der Waals surface area contributed by atoms with Gasteiger partial charge in [-0.15, -0.1) is 0 Å². The summed E-state index contributed by atoms with van der Waals surface area (Å²) in [5.74, 6) is -0.710. The second kappa shape index (κ2) is 10.8. The van der Waals surface area contributed by atoms with Gasteiger partial charge in [-0.25, -0.2) is 5.43 Å². The van der Waals surface area contributed by atoms with Crippen molar-refractivity contribution in [2.75, 3.05) is 24.6 Å². The molecule has 1 amide bonds. The van der Waals surface area contributed by atoms with Crippen LogP contribution in [0.25, 0.3) is 6.08 Å². The minimum absolute atomic E-state index is 0.0842. The SMILES string of the molecule is CCN(CC)c1ccc(/C=N/NC(=O)c2ccc(/C=C/C(=O)CO)cc2)c(O)c1. The summed E-state index contributed by atoms with van der Waals surface area (Å²) in [6.07, 6.45) is 4.22. The molecule has 2 aromatic rings. The van der Waals surface area contributed by atoms with Crippen molar-refractivity contribution in [3.8, 4) is 5.75 Å². The Morgan fingerprint density at radius 2 is 1.79 bits per heavy atom. The standard InChI is InChI=1S/C22H25N3O4/c1-3-25(4-2)19-11-10-18(21(28)13-19)14-23-24-22(29)17-8-5-16(6-9-17)7-12-20(27)15-26/h5-14,26,28H,3-4,15H2,1-2H3,(H,24,29)/b12-7+,23-14+. The molecule has 0 saturated heterocycles. The fraction of sp³-hybridized carbons (Fsp3) is 0.227. The average molecular weight is 395 g/mol. The summed E-state index contributed by atoms with van der Waals surface area (Å²) < 4.78 is 0. The van der Waals surface area contributed by atoms with Crippen molar-refractivity contribution in [2.24, 2.45) is 5.10 Å². The van der Waals surface area contributed by atoms with Crippen molar-refractivity contribution in [1.29, 1.82) is 0 Å². The number of aliphatic hydroxyl groups is 1. The van der Waals surface area contributed by atoms with Crippen molar-refractivity contribution in [3.63, 3.8) is 0 Å². The van der Waals surface area contributed by atoms with Crippen LogP contribution in [0.1, 0.15) is 35.3 Å². The molecule has 0 aliphatic heterocycles. The highest BCUT2D eigenvalue weighted by atomic mass is 16.3. The van der Waals surface area contributed by atoms with Gasteiger partial charge in [0.15, 0.2) is 5.78 Å². The topological polar surface area (TPSA) is 102 Å². The monoisotopic (exact) mass is 395 g/mol. The third-order valence-electron chi connectivity index (χ3n) is 4.30. The number of rotatable bonds is 9. The number of aliphatic hydroxyl groups excluding tert-OH is 1. The number of ketones is 1. The molecule has 0 saturated carbocycles. The number of benzene rings is 2. The number of amides is 1. The van der Waals surface area contributed by atoms with Gasteiger partial charge in [0.25, 0.3) is 5.91 Å². The molecule has 0 heterocycles. The molecular formula is C22H25N3O4. The number of hydrogen-bond donors (Lipinski definition) is 3. The van der Waals surface area contributed by atoms with Gasteiger partial charge in [0.05, 0.1) is 6.21 Å². The first-order chi connectivity index (χ1) is 14.0. The van der Waals surface area contributed by atoms with Crippen molar-refractivity contribution in [1.82, 2.24) is 5.43 Å². The van der Waals surface area contributed by atoms with E-state index in [2.05, 4.69) is 15.4 Å². The number of hydrazone groups is 1. The summed E-state index contributed by atoms with van der Waals surface area (Å²) in [7, 11) is 0. The maximum Gasteiger partial charge on any atom is 0.271 e. The highest BCUT2D eigenvalue weighted by molar-refractivity contribution is 5.96. The lowest BCUT2D eigenvalue weighted by atomic mass is 10.1. The summed E-state index contributed by atoms with van der Waals surface area (Å²) in [5, 5.41) is 22.8. The van der Waals surface area contributed by atoms with Crippen molar-refractivity contribution < 1.29 is 19.8 Å². The number of phenolic OH excluding ortho intramolecular Hbond substituents is 1. The summed E-state index contributed by atoms with van der Waals surface area (Å²) in [5.41, 5.74) is 4.96. The van der Waals surface area contributed by atoms with Gasteiger partial charge in [-0.05, 0) is 49.8 Å². The molecule has 0 aliphatic rings. The average Bonchev–Trinajstić information content (AvgIpc) is 2.74. The van der Waals surface area contributed by atoms with Gasteiger partial charge in [0.2, 0.25) is 0 Å². The van der Waals surface area contributed by atoms with Gasteiger partial charge in [-0.2, -0.15) is 5.10 Å². The van der Waals surface area contributed by atoms with E-state index < -0.39 is 18.3 Å². The Bertz CT molecular complexity index is 901. The molecule has 7 nitrogen and oxygen atoms in total. The largest absolute Gasteiger partial charge is 0.507 e. The van der Waals surface area contributed by atoms with Crippen LogP contribution >= 0.6 is 0 Å². The van der Waals surface area contributed by atoms with E-state index >= 15 is 0 Å². The lowest BCUT2D eigenvalue weighted by Crippen LogP contribution is -2.21. The Balaban J connectivity index is 1.99. The second-order valence-electron chi connectivity index (χ2n) is 6.19. The Morgan fingerprint density at radius 3 is 2.38 bits per heavy atom. The first-order valence-corrected chi connectivity index (χ1v) is 9.31. The second-order valence-corrected chi connectivity index (χ2v) is 6.19. The Labute approximate surface area is 170 Å². The molecule has 2 rings (SSSR count). The number of phenols is 1. The van der Waals surface area contributed by atoms with Crippen molar-refractivity contribution >= 4 is 29.7 Å². The zero-order valence-corrected chi connectivity index (χ0v) is 16.5. The van der Waals surface area contributed by atoms with E-state index in [4.69, 9.17) is 5.11 Å². The lowest BCUT2D eigenvalue weighted by molar-refractivity contribution is -0.117. The zero-order chi connectivity index (χ0) is 21.2. The molecule has 3 N–H and O–H groups in total. The summed E-state index contributed by atoms with van der Waals surface area (Å²) in [4.78, 5) is 25.3. The molecule has 0 aliphatic carbocycles. The minimum atomic E-state index is -0.539. The van der Waals surface area contributed by atoms with E-state index in [1.165, 1.54) is 12.3 Å². The van der Waals surface area contributed by atoms with E-state index in [1.807, 2.05) is 19.9 Å². The van der Waals surface area contributed by atoms with Crippen LogP contribution in [0.4, 0.5) is 5.69 Å². The van der Waals surface area contributed by atoms with Gasteiger partial charge in [-0.3, -0.25) is 9.59 Å². The van der Waals surface area contributed by atoms with E-state index in [0.29, 0.717) is 11.1 Å². The zero-order valence-electron chi connectivity index (χ0n) is 16.5. The number of aromatic hydroxyl groups is 1. The quantitative estimate of drug-likeness (QED) is 0.344. The van der Waals surface area contributed by atoms with Crippen LogP contribution in [0.15, 0.2) is 53.6 Å². The molecule has 7 heteroatoms. The third-order valence-corrected chi connectivity index (χ3v) is 4.30. The van der Waals surface area contributed by atoms with Crippen LogP contribution in [-0.2, 0) is 4.79 Å². The van der Waals surface area contributed by atoms with Crippen LogP contribution in [0.5, 0.6) is 5.75 Å². The molecule has 0 aromatic heterocycles. The smallest absolute Gasteiger partial charge is 0.271 e. The Morgan fingerprint density at radius 1 is 1.10 bits per heavy atom. The van der Waals surface area contributed by atoms with E-state index in [1.54, 1.807) is 42.5 Å². The van der Waals surface area contributed by atoms with Crippen molar-refractivity contribution in [2.45, 2.75) is 13.8 Å². The first kappa shape index (κ1) is 21.8. The summed E-state index contributed by atoms with van der Waals surface area (Å²) >= 11 is 0. The highest BCUT2D eigenvalue weighted by Crippen LogP contribution is 2.23. The summed E-state index contributed by atoms with van der Waals surface area (Å²) in [6, 6.07) is 11.9. The number of nitrogens with one attached hydrogen (secondary N) is 1. The molecule has 2 aromatic carbocycles. The fourth-order valence-corrected chi connectivity index (χ4v) is 2.64. The molecule has 0 spiro atoms. The van der Waals surface area contributed by atoms with Crippen molar-refractivity contribution in [3.05, 3.63) is 65.2 Å². The van der Waals surface area contributed by atoms with E-state index in [0.717, 1.165) is 24.3 Å². The van der Waals surface area contributed by atoms with Crippen LogP contribution < -0.4 is 10.3 Å². The predicted octanol–water partition coefficient (Wildman–Crippen LogP) is 2.58. The molecule has 0 atom stereocenters. The lowest BCUT2D eigenvalue weighted by Gasteiger charge is -2.21. The molecule has 0 radical (unpaired) electrons. The van der Waals surface area contributed by atoms with Gasteiger partial charge >= 0.3 is 0 Å². The van der Waals surface area contributed by atoms with Crippen LogP contribution in [0.2, 0.25) is 0 Å². The first-order valence-electron chi connectivity index (χ1n) is 9.31. The number of anilines is 1. The van der Waals surface area contributed by atoms with E-state index in [9.17, 15) is 14.7 Å². The Hall–Kier alpha value is -3.45. The van der Waals surface area contributed by atoms with Crippen LogP contribution in [0, 0.1) is 0 Å². The van der Waals surface area contributed by atoms with Gasteiger partial charge in [-0.1, -0.05) is 18.2 Å². The maximum absolute atomic E-state index is 12.2. The molecule has 0 bridgehead atoms. The number of nitrogens with zero attached hydrogens (tertiary/aromatic N) is 2. The highest BCUT2D eigenvalue weighted by Gasteiger charge is 2.07. The molecule has 152 valence electrons. The third kappa shape index (κ3) is 6.29. The molecular weight excluding hydrogens is 370 g/mol. The Kier molecular flexibility index (Phi) is 8.12. The molecule has 29 heavy (non-hydrogen) atoms. The van der Waals surface area contributed by atoms with Gasteiger partial charge in [0, 0.05) is 36.0 Å². The van der Waals surface area contributed by atoms with Crippen LogP contribution in [0.3, 0.4) is 0 Å². The number of carbonyl (C=O) groups is 2. The molecule has 0 fully saturated rings. The van der Waals surface area contributed by atoms with Crippen LogP contribution in [-0.4, -0.2) is 47.8 Å². The maximum atomic E-state index is 12.2. The fourth-order valence-electron chi connectivity index (χ4n) is 2.64. The predicted molar refractivity (Wildman–Crippen MR) is 114 cm³/mol. The normalized spacial score (nSPS) is 11.1. The van der Waals surface area contributed by atoms with Gasteiger partial charge in [0.1, 0.15) is 12.4 Å². The molecule has 0 unspecified atom stereocenters.